The summed E-state index contributed by atoms with van der Waals surface area (Å²) in [5.41, 5.74) is 1.85. The molecule has 1 aliphatic heterocycles. The second kappa shape index (κ2) is 5.21. The largest absolute Gasteiger partial charge is 0.255 e. The van der Waals surface area contributed by atoms with Crippen LogP contribution in [0.2, 0.25) is 0 Å². The summed E-state index contributed by atoms with van der Waals surface area (Å²) in [6, 6.07) is 5.87. The number of hydrogen-bond donors (Lipinski definition) is 0. The Morgan fingerprint density at radius 1 is 1.38 bits per heavy atom. The van der Waals surface area contributed by atoms with Crippen molar-refractivity contribution in [3.63, 3.8) is 0 Å². The van der Waals surface area contributed by atoms with E-state index in [9.17, 15) is 0 Å². The number of halogens is 1. The Morgan fingerprint density at radius 2 is 2.25 bits per heavy atom. The average molecular weight is 277 g/mol. The zero-order valence-electron chi connectivity index (χ0n) is 9.10. The van der Waals surface area contributed by atoms with Crippen molar-refractivity contribution in [3.8, 4) is 0 Å². The van der Waals surface area contributed by atoms with E-state index in [1.807, 2.05) is 30.5 Å². The van der Waals surface area contributed by atoms with E-state index in [-0.39, 0.29) is 0 Å². The van der Waals surface area contributed by atoms with Crippen LogP contribution >= 0.6 is 15.9 Å². The van der Waals surface area contributed by atoms with Gasteiger partial charge in [-0.15, -0.1) is 0 Å². The molecule has 0 saturated carbocycles. The predicted octanol–water partition coefficient (Wildman–Crippen LogP) is 3.85. The second-order valence-corrected chi connectivity index (χ2v) is 4.62. The summed E-state index contributed by atoms with van der Waals surface area (Å²) >= 11 is 3.37. The molecule has 0 saturated heterocycles. The molecule has 2 nitrogen and oxygen atoms in total. The van der Waals surface area contributed by atoms with Gasteiger partial charge >= 0.3 is 0 Å². The van der Waals surface area contributed by atoms with Crippen LogP contribution < -0.4 is 0 Å². The molecular formula is C13H13BrN2. The van der Waals surface area contributed by atoms with E-state index >= 15 is 0 Å². The molecule has 0 aromatic carbocycles. The number of allylic oxidation sites excluding steroid dienone is 3. The Balaban J connectivity index is 2.33. The van der Waals surface area contributed by atoms with Gasteiger partial charge in [0.1, 0.15) is 4.60 Å². The minimum atomic E-state index is 0.550. The lowest BCUT2D eigenvalue weighted by Crippen LogP contribution is -1.93. The highest BCUT2D eigenvalue weighted by molar-refractivity contribution is 9.10. The van der Waals surface area contributed by atoms with E-state index in [2.05, 4.69) is 45.0 Å². The van der Waals surface area contributed by atoms with Gasteiger partial charge in [-0.1, -0.05) is 25.1 Å². The second-order valence-electron chi connectivity index (χ2n) is 3.81. The van der Waals surface area contributed by atoms with E-state index in [0.717, 1.165) is 22.4 Å². The number of nitrogens with zero attached hydrogens (tertiary/aromatic N) is 2. The number of rotatable bonds is 1. The van der Waals surface area contributed by atoms with Crippen LogP contribution in [0.3, 0.4) is 0 Å². The van der Waals surface area contributed by atoms with Crippen LogP contribution in [0.5, 0.6) is 0 Å². The standard InChI is InChI=1S/C13H13BrN2/c1-10-4-3-9-15-11(8-7-10)12-5-2-6-13(14)16-12/h2-6,8-10H,7H2,1H3. The monoisotopic (exact) mass is 276 g/mol. The maximum atomic E-state index is 4.40. The first-order valence-electron chi connectivity index (χ1n) is 5.29. The van der Waals surface area contributed by atoms with Gasteiger partial charge in [0.15, 0.2) is 0 Å². The summed E-state index contributed by atoms with van der Waals surface area (Å²) in [6.07, 6.45) is 9.11. The zero-order valence-corrected chi connectivity index (χ0v) is 10.7. The molecule has 1 unspecified atom stereocenters. The Labute approximate surface area is 104 Å². The van der Waals surface area contributed by atoms with E-state index < -0.39 is 0 Å². The molecule has 0 radical (unpaired) electrons. The highest BCUT2D eigenvalue weighted by atomic mass is 79.9. The number of aromatic nitrogens is 1. The van der Waals surface area contributed by atoms with Crippen LogP contribution in [0.25, 0.3) is 5.70 Å². The van der Waals surface area contributed by atoms with Crippen LogP contribution in [0.1, 0.15) is 19.0 Å². The summed E-state index contributed by atoms with van der Waals surface area (Å²) in [4.78, 5) is 8.80. The van der Waals surface area contributed by atoms with Gasteiger partial charge < -0.3 is 0 Å². The van der Waals surface area contributed by atoms with Gasteiger partial charge in [-0.25, -0.2) is 4.98 Å². The Kier molecular flexibility index (Phi) is 3.67. The molecular weight excluding hydrogens is 264 g/mol. The Hall–Kier alpha value is -1.22. The molecule has 1 atom stereocenters. The van der Waals surface area contributed by atoms with Crippen molar-refractivity contribution >= 4 is 27.8 Å². The molecule has 1 aromatic rings. The fraction of sp³-hybridized carbons (Fsp3) is 0.231. The van der Waals surface area contributed by atoms with Crippen molar-refractivity contribution in [2.45, 2.75) is 13.3 Å². The number of pyridine rings is 1. The lowest BCUT2D eigenvalue weighted by molar-refractivity contribution is 0.744. The first-order valence-corrected chi connectivity index (χ1v) is 6.09. The van der Waals surface area contributed by atoms with Crippen molar-refractivity contribution in [2.75, 3.05) is 0 Å². The van der Waals surface area contributed by atoms with Gasteiger partial charge in [0.25, 0.3) is 0 Å². The molecule has 0 bridgehead atoms. The summed E-state index contributed by atoms with van der Waals surface area (Å²) in [5.74, 6) is 0.550. The molecule has 82 valence electrons. The fourth-order valence-electron chi connectivity index (χ4n) is 1.51. The Bertz CT molecular complexity index is 461. The van der Waals surface area contributed by atoms with Gasteiger partial charge in [0.05, 0.1) is 11.4 Å². The molecule has 2 heterocycles. The average Bonchev–Trinajstić information content (AvgIpc) is 2.24. The molecule has 1 aromatic heterocycles. The zero-order chi connectivity index (χ0) is 11.4. The molecule has 0 amide bonds. The molecule has 2 rings (SSSR count). The minimum Gasteiger partial charge on any atom is -0.255 e. The van der Waals surface area contributed by atoms with Crippen LogP contribution in [0.4, 0.5) is 0 Å². The lowest BCUT2D eigenvalue weighted by atomic mass is 10.1. The smallest absolute Gasteiger partial charge is 0.106 e. The van der Waals surface area contributed by atoms with Crippen LogP contribution in [0.15, 0.2) is 46.0 Å². The molecule has 0 spiro atoms. The fourth-order valence-corrected chi connectivity index (χ4v) is 1.86. The first-order chi connectivity index (χ1) is 7.75. The minimum absolute atomic E-state index is 0.550. The quantitative estimate of drug-likeness (QED) is 0.716. The third-order valence-corrected chi connectivity index (χ3v) is 2.84. The van der Waals surface area contributed by atoms with Crippen molar-refractivity contribution in [2.24, 2.45) is 10.9 Å². The SMILES string of the molecule is CC1C=CC=NC(c2cccc(Br)n2)=CC1. The Morgan fingerprint density at radius 3 is 3.06 bits per heavy atom. The summed E-state index contributed by atoms with van der Waals surface area (Å²) in [7, 11) is 0. The summed E-state index contributed by atoms with van der Waals surface area (Å²) in [6.45, 7) is 2.19. The maximum Gasteiger partial charge on any atom is 0.106 e. The van der Waals surface area contributed by atoms with E-state index in [1.165, 1.54) is 0 Å². The predicted molar refractivity (Wildman–Crippen MR) is 71.3 cm³/mol. The third kappa shape index (κ3) is 2.89. The topological polar surface area (TPSA) is 25.2 Å². The van der Waals surface area contributed by atoms with Gasteiger partial charge in [-0.05, 0) is 46.5 Å². The van der Waals surface area contributed by atoms with Gasteiger partial charge in [0.2, 0.25) is 0 Å². The number of hydrogen-bond acceptors (Lipinski definition) is 2. The van der Waals surface area contributed by atoms with Crippen molar-refractivity contribution < 1.29 is 0 Å². The highest BCUT2D eigenvalue weighted by Crippen LogP contribution is 2.19. The van der Waals surface area contributed by atoms with Gasteiger partial charge in [-0.2, -0.15) is 0 Å². The maximum absolute atomic E-state index is 4.40. The molecule has 0 N–H and O–H groups in total. The van der Waals surface area contributed by atoms with Crippen LogP contribution in [-0.2, 0) is 0 Å². The van der Waals surface area contributed by atoms with Crippen LogP contribution in [0, 0.1) is 5.92 Å². The van der Waals surface area contributed by atoms with Crippen LogP contribution in [-0.4, -0.2) is 11.2 Å². The van der Waals surface area contributed by atoms with Gasteiger partial charge in [-0.3, -0.25) is 4.99 Å². The van der Waals surface area contributed by atoms with Crippen molar-refractivity contribution in [1.82, 2.24) is 4.98 Å². The molecule has 16 heavy (non-hydrogen) atoms. The van der Waals surface area contributed by atoms with Gasteiger partial charge in [0, 0.05) is 6.21 Å². The van der Waals surface area contributed by atoms with E-state index in [4.69, 9.17) is 0 Å². The summed E-state index contributed by atoms with van der Waals surface area (Å²) < 4.78 is 0.840. The van der Waals surface area contributed by atoms with E-state index in [1.54, 1.807) is 0 Å². The van der Waals surface area contributed by atoms with E-state index in [0.29, 0.717) is 5.92 Å². The molecule has 3 heteroatoms. The van der Waals surface area contributed by atoms with Crippen molar-refractivity contribution in [1.29, 1.82) is 0 Å². The lowest BCUT2D eigenvalue weighted by Gasteiger charge is -2.07. The first kappa shape index (κ1) is 11.3. The molecule has 0 aliphatic carbocycles. The normalized spacial score (nSPS) is 20.1. The molecule has 1 aliphatic rings. The molecule has 0 fully saturated rings. The number of aliphatic imine (C=N–C) groups is 1. The third-order valence-electron chi connectivity index (χ3n) is 2.40. The van der Waals surface area contributed by atoms with Crippen molar-refractivity contribution in [3.05, 3.63) is 46.7 Å². The summed E-state index contributed by atoms with van der Waals surface area (Å²) in [5, 5.41) is 0. The highest BCUT2D eigenvalue weighted by Gasteiger charge is 2.04.